The van der Waals surface area contributed by atoms with Crippen LogP contribution in [-0.2, 0) is 33.5 Å². The Labute approximate surface area is 251 Å². The monoisotopic (exact) mass is 606 g/mol. The van der Waals surface area contributed by atoms with E-state index in [0.29, 0.717) is 45.3 Å². The van der Waals surface area contributed by atoms with Gasteiger partial charge in [-0.05, 0) is 51.9 Å². The lowest BCUT2D eigenvalue weighted by Crippen LogP contribution is -2.62. The van der Waals surface area contributed by atoms with Gasteiger partial charge in [0.2, 0.25) is 35.4 Å². The highest BCUT2D eigenvalue weighted by Crippen LogP contribution is 2.27. The number of nitrogens with zero attached hydrogens (tertiary/aromatic N) is 1. The van der Waals surface area contributed by atoms with Crippen LogP contribution in [0.15, 0.2) is 0 Å². The van der Waals surface area contributed by atoms with Crippen molar-refractivity contribution in [2.75, 3.05) is 19.8 Å². The van der Waals surface area contributed by atoms with Gasteiger partial charge in [0, 0.05) is 37.8 Å². The zero-order valence-electron chi connectivity index (χ0n) is 25.4. The van der Waals surface area contributed by atoms with Crippen molar-refractivity contribution in [2.24, 2.45) is 17.8 Å². The molecule has 4 fully saturated rings. The van der Waals surface area contributed by atoms with Crippen LogP contribution in [0.25, 0.3) is 0 Å². The molecule has 240 valence electrons. The third-order valence-corrected chi connectivity index (χ3v) is 9.05. The minimum Gasteiger partial charge on any atom is -0.391 e. The first-order valence-corrected chi connectivity index (χ1v) is 15.5. The molecule has 3 aliphatic heterocycles. The molecule has 14 nitrogen and oxygen atoms in total. The molecule has 4 aliphatic rings. The molecule has 3 saturated heterocycles. The SMILES string of the molecule is CC(C)[C@H]1NC(=O)[C@H]2CCC[C@@H]2NC(=O)[C@H](C)NC(=O)[C@@H]2C[C@H](NC(=O)C3CCOCC3)CN2C(=O)[C@@H]([C@@H](C)O)NC1=O. The minimum atomic E-state index is -1.42. The summed E-state index contributed by atoms with van der Waals surface area (Å²) in [5, 5.41) is 24.5. The summed E-state index contributed by atoms with van der Waals surface area (Å²) >= 11 is 0. The van der Waals surface area contributed by atoms with Gasteiger partial charge in [0.1, 0.15) is 24.2 Å². The van der Waals surface area contributed by atoms with Gasteiger partial charge >= 0.3 is 0 Å². The van der Waals surface area contributed by atoms with Gasteiger partial charge in [0.15, 0.2) is 0 Å². The topological polar surface area (TPSA) is 195 Å². The van der Waals surface area contributed by atoms with E-state index in [-0.39, 0.29) is 36.6 Å². The lowest BCUT2D eigenvalue weighted by Gasteiger charge is -2.33. The average molecular weight is 607 g/mol. The number of carbonyl (C=O) groups excluding carboxylic acids is 6. The highest BCUT2D eigenvalue weighted by Gasteiger charge is 2.45. The molecular weight excluding hydrogens is 560 g/mol. The second-order valence-corrected chi connectivity index (χ2v) is 12.7. The number of aliphatic hydroxyl groups excluding tert-OH is 1. The molecule has 1 aliphatic carbocycles. The van der Waals surface area contributed by atoms with Crippen molar-refractivity contribution in [3.63, 3.8) is 0 Å². The fraction of sp³-hybridized carbons (Fsp3) is 0.793. The summed E-state index contributed by atoms with van der Waals surface area (Å²) in [5.41, 5.74) is 0. The molecule has 0 spiro atoms. The third-order valence-electron chi connectivity index (χ3n) is 9.05. The molecule has 0 bridgehead atoms. The fourth-order valence-electron chi connectivity index (χ4n) is 6.45. The zero-order valence-corrected chi connectivity index (χ0v) is 25.4. The Bertz CT molecular complexity index is 1090. The number of nitrogens with one attached hydrogen (secondary N) is 5. The minimum absolute atomic E-state index is 0.0281. The van der Waals surface area contributed by atoms with Gasteiger partial charge in [-0.2, -0.15) is 0 Å². The first-order chi connectivity index (χ1) is 20.4. The standard InChI is InChI=1S/C29H46N6O8/c1-14(2)22-28(41)34-23(16(4)36)29(42)35-13-18(31-25(38)17-8-10-43-11-9-17)12-21(35)27(40)30-15(3)24(37)32-20-7-5-6-19(20)26(39)33-22/h14-23,36H,5-13H2,1-4H3,(H,30,40)(H,31,38)(H,32,37)(H,33,39)(H,34,41)/t15-,16+,18-,19-,20-,21-,22+,23+/m0/s1. The molecule has 0 aromatic carbocycles. The summed E-state index contributed by atoms with van der Waals surface area (Å²) in [4.78, 5) is 81.5. The molecule has 43 heavy (non-hydrogen) atoms. The lowest BCUT2D eigenvalue weighted by molar-refractivity contribution is -0.145. The van der Waals surface area contributed by atoms with Gasteiger partial charge in [-0.15, -0.1) is 0 Å². The predicted molar refractivity (Wildman–Crippen MR) is 153 cm³/mol. The number of hydrogen-bond donors (Lipinski definition) is 6. The summed E-state index contributed by atoms with van der Waals surface area (Å²) in [6.45, 7) is 7.32. The van der Waals surface area contributed by atoms with Crippen LogP contribution in [0.5, 0.6) is 0 Å². The molecule has 6 N–H and O–H groups in total. The highest BCUT2D eigenvalue weighted by atomic mass is 16.5. The van der Waals surface area contributed by atoms with Gasteiger partial charge in [-0.25, -0.2) is 0 Å². The van der Waals surface area contributed by atoms with Crippen molar-refractivity contribution < 1.29 is 38.6 Å². The third kappa shape index (κ3) is 7.64. The van der Waals surface area contributed by atoms with Crippen LogP contribution in [-0.4, -0.2) is 108 Å². The van der Waals surface area contributed by atoms with E-state index in [0.717, 1.165) is 0 Å². The second-order valence-electron chi connectivity index (χ2n) is 12.7. The Kier molecular flexibility index (Phi) is 10.6. The van der Waals surface area contributed by atoms with Crippen LogP contribution < -0.4 is 26.6 Å². The van der Waals surface area contributed by atoms with Crippen molar-refractivity contribution in [3.8, 4) is 0 Å². The molecule has 4 rings (SSSR count). The number of ether oxygens (including phenoxy) is 1. The fourth-order valence-corrected chi connectivity index (χ4v) is 6.45. The zero-order chi connectivity index (χ0) is 31.4. The molecule has 8 atom stereocenters. The van der Waals surface area contributed by atoms with E-state index in [9.17, 15) is 33.9 Å². The van der Waals surface area contributed by atoms with Crippen molar-refractivity contribution in [2.45, 2.75) is 109 Å². The normalized spacial score (nSPS) is 34.0. The van der Waals surface area contributed by atoms with Gasteiger partial charge in [-0.1, -0.05) is 20.3 Å². The molecule has 0 aromatic heterocycles. The molecule has 3 heterocycles. The van der Waals surface area contributed by atoms with Gasteiger partial charge in [0.05, 0.1) is 12.0 Å². The summed E-state index contributed by atoms with van der Waals surface area (Å²) in [6, 6.07) is -5.47. The number of rotatable bonds is 4. The number of fused-ring (bicyclic) bond motifs is 2. The second kappa shape index (κ2) is 14.0. The van der Waals surface area contributed by atoms with E-state index in [1.807, 2.05) is 0 Å². The van der Waals surface area contributed by atoms with Gasteiger partial charge < -0.3 is 41.3 Å². The van der Waals surface area contributed by atoms with Crippen molar-refractivity contribution in [1.29, 1.82) is 0 Å². The molecular formula is C29H46N6O8. The maximum Gasteiger partial charge on any atom is 0.248 e. The van der Waals surface area contributed by atoms with Crippen LogP contribution in [0.3, 0.4) is 0 Å². The smallest absolute Gasteiger partial charge is 0.248 e. The molecule has 0 radical (unpaired) electrons. The van der Waals surface area contributed by atoms with E-state index in [1.165, 1.54) is 18.7 Å². The van der Waals surface area contributed by atoms with Crippen LogP contribution in [0.4, 0.5) is 0 Å². The van der Waals surface area contributed by atoms with Crippen molar-refractivity contribution >= 4 is 35.4 Å². The summed E-state index contributed by atoms with van der Waals surface area (Å²) in [5.74, 6) is -4.14. The maximum atomic E-state index is 13.9. The van der Waals surface area contributed by atoms with E-state index in [1.54, 1.807) is 13.8 Å². The Hall–Kier alpha value is -3.26. The van der Waals surface area contributed by atoms with Crippen LogP contribution in [0.1, 0.15) is 66.2 Å². The van der Waals surface area contributed by atoms with Gasteiger partial charge in [-0.3, -0.25) is 28.8 Å². The predicted octanol–water partition coefficient (Wildman–Crippen LogP) is -1.69. The van der Waals surface area contributed by atoms with Crippen LogP contribution in [0.2, 0.25) is 0 Å². The first-order valence-electron chi connectivity index (χ1n) is 15.5. The molecule has 14 heteroatoms. The Balaban J connectivity index is 1.62. The quantitative estimate of drug-likeness (QED) is 0.218. The number of amides is 6. The molecule has 1 saturated carbocycles. The number of aliphatic hydroxyl groups is 1. The lowest BCUT2D eigenvalue weighted by atomic mass is 9.98. The Morgan fingerprint density at radius 1 is 0.884 bits per heavy atom. The van der Waals surface area contributed by atoms with Crippen LogP contribution >= 0.6 is 0 Å². The van der Waals surface area contributed by atoms with E-state index >= 15 is 0 Å². The van der Waals surface area contributed by atoms with Crippen molar-refractivity contribution in [3.05, 3.63) is 0 Å². The Morgan fingerprint density at radius 3 is 2.21 bits per heavy atom. The average Bonchev–Trinajstić information content (AvgIpc) is 3.61. The molecule has 0 unspecified atom stereocenters. The largest absolute Gasteiger partial charge is 0.391 e. The molecule has 0 aromatic rings. The van der Waals surface area contributed by atoms with Crippen molar-refractivity contribution in [1.82, 2.24) is 31.5 Å². The van der Waals surface area contributed by atoms with Crippen LogP contribution in [0, 0.1) is 17.8 Å². The maximum absolute atomic E-state index is 13.9. The van der Waals surface area contributed by atoms with E-state index in [4.69, 9.17) is 4.74 Å². The number of carbonyl (C=O) groups is 6. The molecule has 6 amide bonds. The van der Waals surface area contributed by atoms with Gasteiger partial charge in [0.25, 0.3) is 0 Å². The summed E-state index contributed by atoms with van der Waals surface area (Å²) in [6.07, 6.45) is 1.72. The van der Waals surface area contributed by atoms with E-state index in [2.05, 4.69) is 26.6 Å². The summed E-state index contributed by atoms with van der Waals surface area (Å²) < 4.78 is 5.34. The first kappa shape index (κ1) is 32.6. The Morgan fingerprint density at radius 2 is 1.56 bits per heavy atom. The van der Waals surface area contributed by atoms with E-state index < -0.39 is 71.9 Å². The number of hydrogen-bond acceptors (Lipinski definition) is 8. The highest BCUT2D eigenvalue weighted by molar-refractivity contribution is 5.97. The summed E-state index contributed by atoms with van der Waals surface area (Å²) in [7, 11) is 0.